The first-order valence-corrected chi connectivity index (χ1v) is 5.67. The molecular formula is C13H10N4O2. The van der Waals surface area contributed by atoms with Crippen LogP contribution in [-0.2, 0) is 0 Å². The molecule has 0 radical (unpaired) electrons. The number of benzene rings is 1. The molecule has 0 amide bonds. The Morgan fingerprint density at radius 1 is 1.26 bits per heavy atom. The molecule has 94 valence electrons. The highest BCUT2D eigenvalue weighted by atomic mass is 16.4. The van der Waals surface area contributed by atoms with Gasteiger partial charge in [-0.1, -0.05) is 12.1 Å². The van der Waals surface area contributed by atoms with Crippen LogP contribution in [0.15, 0.2) is 36.7 Å². The van der Waals surface area contributed by atoms with Gasteiger partial charge in [0.05, 0.1) is 5.52 Å². The molecule has 0 aliphatic rings. The van der Waals surface area contributed by atoms with Gasteiger partial charge in [0.2, 0.25) is 5.82 Å². The van der Waals surface area contributed by atoms with Crippen molar-refractivity contribution in [3.63, 3.8) is 0 Å². The molecule has 19 heavy (non-hydrogen) atoms. The smallest absolute Gasteiger partial charge is 0.374 e. The van der Waals surface area contributed by atoms with E-state index < -0.39 is 5.97 Å². The minimum Gasteiger partial charge on any atom is -0.475 e. The Bertz CT molecular complexity index is 779. The fraction of sp³-hybridized carbons (Fsp3) is 0.0769. The minimum absolute atomic E-state index is 0.221. The fourth-order valence-corrected chi connectivity index (χ4v) is 1.94. The van der Waals surface area contributed by atoms with Crippen LogP contribution < -0.4 is 0 Å². The number of hydrogen-bond donors (Lipinski definition) is 1. The van der Waals surface area contributed by atoms with E-state index in [1.165, 1.54) is 0 Å². The van der Waals surface area contributed by atoms with Gasteiger partial charge in [-0.05, 0) is 19.1 Å². The highest BCUT2D eigenvalue weighted by Gasteiger charge is 2.14. The van der Waals surface area contributed by atoms with Crippen LogP contribution >= 0.6 is 0 Å². The quantitative estimate of drug-likeness (QED) is 0.754. The molecule has 0 saturated carbocycles. The monoisotopic (exact) mass is 254 g/mol. The summed E-state index contributed by atoms with van der Waals surface area (Å²) in [5.74, 6) is -0.107. The molecule has 3 rings (SSSR count). The Balaban J connectivity index is 2.39. The van der Waals surface area contributed by atoms with E-state index in [1.807, 2.05) is 25.1 Å². The van der Waals surface area contributed by atoms with E-state index in [-0.39, 0.29) is 5.82 Å². The summed E-state index contributed by atoms with van der Waals surface area (Å²) in [5, 5.41) is 9.87. The molecule has 0 aliphatic heterocycles. The van der Waals surface area contributed by atoms with Gasteiger partial charge in [0, 0.05) is 17.8 Å². The predicted molar refractivity (Wildman–Crippen MR) is 68.4 cm³/mol. The molecule has 0 bridgehead atoms. The van der Waals surface area contributed by atoms with Crippen molar-refractivity contribution in [2.45, 2.75) is 6.92 Å². The third-order valence-corrected chi connectivity index (χ3v) is 2.83. The van der Waals surface area contributed by atoms with E-state index in [1.54, 1.807) is 23.0 Å². The average molecular weight is 254 g/mol. The SMILES string of the molecule is Cc1nccn1-c1nc(C(=O)O)nc2ccccc12. The summed E-state index contributed by atoms with van der Waals surface area (Å²) in [4.78, 5) is 23.4. The summed E-state index contributed by atoms with van der Waals surface area (Å²) in [7, 11) is 0. The van der Waals surface area contributed by atoms with Crippen molar-refractivity contribution in [2.24, 2.45) is 0 Å². The molecule has 0 spiro atoms. The van der Waals surface area contributed by atoms with Gasteiger partial charge in [-0.2, -0.15) is 0 Å². The predicted octanol–water partition coefficient (Wildman–Crippen LogP) is 1.82. The maximum Gasteiger partial charge on any atom is 0.374 e. The van der Waals surface area contributed by atoms with Gasteiger partial charge in [-0.25, -0.2) is 19.7 Å². The van der Waals surface area contributed by atoms with Crippen molar-refractivity contribution >= 4 is 16.9 Å². The second-order valence-electron chi connectivity index (χ2n) is 4.04. The second kappa shape index (κ2) is 4.16. The van der Waals surface area contributed by atoms with Crippen LogP contribution in [0.5, 0.6) is 0 Å². The third-order valence-electron chi connectivity index (χ3n) is 2.83. The number of aromatic carboxylic acids is 1. The Labute approximate surface area is 108 Å². The zero-order valence-electron chi connectivity index (χ0n) is 10.1. The standard InChI is InChI=1S/C13H10N4O2/c1-8-14-6-7-17(8)12-9-4-2-3-5-10(9)15-11(16-12)13(18)19/h2-7H,1H3,(H,18,19). The lowest BCUT2D eigenvalue weighted by Gasteiger charge is -2.08. The molecule has 6 nitrogen and oxygen atoms in total. The van der Waals surface area contributed by atoms with Crippen LogP contribution in [0.25, 0.3) is 16.7 Å². The number of carboxylic acids is 1. The Morgan fingerprint density at radius 2 is 2.05 bits per heavy atom. The van der Waals surface area contributed by atoms with Crippen molar-refractivity contribution in [3.8, 4) is 5.82 Å². The molecule has 1 N–H and O–H groups in total. The van der Waals surface area contributed by atoms with Crippen molar-refractivity contribution in [3.05, 3.63) is 48.3 Å². The van der Waals surface area contributed by atoms with E-state index in [2.05, 4.69) is 15.0 Å². The average Bonchev–Trinajstić information content (AvgIpc) is 2.83. The molecule has 0 fully saturated rings. The highest BCUT2D eigenvalue weighted by Crippen LogP contribution is 2.20. The maximum atomic E-state index is 11.1. The largest absolute Gasteiger partial charge is 0.475 e. The van der Waals surface area contributed by atoms with E-state index >= 15 is 0 Å². The first-order valence-electron chi connectivity index (χ1n) is 5.67. The molecule has 1 aromatic carbocycles. The minimum atomic E-state index is -1.15. The first-order chi connectivity index (χ1) is 9.16. The highest BCUT2D eigenvalue weighted by molar-refractivity contribution is 5.91. The summed E-state index contributed by atoms with van der Waals surface area (Å²) in [5.41, 5.74) is 0.595. The van der Waals surface area contributed by atoms with Gasteiger partial charge in [0.1, 0.15) is 11.6 Å². The zero-order chi connectivity index (χ0) is 13.4. The first kappa shape index (κ1) is 11.3. The molecule has 2 heterocycles. The van der Waals surface area contributed by atoms with Gasteiger partial charge >= 0.3 is 5.97 Å². The summed E-state index contributed by atoms with van der Waals surface area (Å²) in [6.07, 6.45) is 3.39. The zero-order valence-corrected chi connectivity index (χ0v) is 10.1. The number of hydrogen-bond acceptors (Lipinski definition) is 4. The van der Waals surface area contributed by atoms with Crippen molar-refractivity contribution in [1.29, 1.82) is 0 Å². The lowest BCUT2D eigenvalue weighted by molar-refractivity contribution is 0.0684. The molecular weight excluding hydrogens is 244 g/mol. The molecule has 0 atom stereocenters. The molecule has 2 aromatic heterocycles. The number of carboxylic acid groups (broad SMARTS) is 1. The van der Waals surface area contributed by atoms with Crippen molar-refractivity contribution < 1.29 is 9.90 Å². The normalized spacial score (nSPS) is 10.8. The van der Waals surface area contributed by atoms with E-state index in [0.717, 1.165) is 11.2 Å². The summed E-state index contributed by atoms with van der Waals surface area (Å²) >= 11 is 0. The molecule has 0 aliphatic carbocycles. The van der Waals surface area contributed by atoms with E-state index in [4.69, 9.17) is 5.11 Å². The van der Waals surface area contributed by atoms with Crippen molar-refractivity contribution in [2.75, 3.05) is 0 Å². The van der Waals surface area contributed by atoms with Crippen LogP contribution in [-0.4, -0.2) is 30.6 Å². The van der Waals surface area contributed by atoms with E-state index in [9.17, 15) is 4.79 Å². The number of nitrogens with zero attached hydrogens (tertiary/aromatic N) is 4. The number of aryl methyl sites for hydroxylation is 1. The number of fused-ring (bicyclic) bond motifs is 1. The number of aromatic nitrogens is 4. The molecule has 0 saturated heterocycles. The number of para-hydroxylation sites is 1. The number of imidazole rings is 1. The number of rotatable bonds is 2. The van der Waals surface area contributed by atoms with Gasteiger partial charge < -0.3 is 5.11 Å². The van der Waals surface area contributed by atoms with Crippen LogP contribution in [0.4, 0.5) is 0 Å². The molecule has 0 unspecified atom stereocenters. The Morgan fingerprint density at radius 3 is 2.74 bits per heavy atom. The molecule has 6 heteroatoms. The summed E-state index contributed by atoms with van der Waals surface area (Å²) in [6.45, 7) is 1.83. The van der Waals surface area contributed by atoms with Gasteiger partial charge in [0.25, 0.3) is 0 Å². The summed E-state index contributed by atoms with van der Waals surface area (Å²) in [6, 6.07) is 7.29. The van der Waals surface area contributed by atoms with Gasteiger partial charge in [-0.3, -0.25) is 4.57 Å². The van der Waals surface area contributed by atoms with E-state index in [0.29, 0.717) is 11.3 Å². The van der Waals surface area contributed by atoms with Crippen molar-refractivity contribution in [1.82, 2.24) is 19.5 Å². The lowest BCUT2D eigenvalue weighted by atomic mass is 10.2. The number of carbonyl (C=O) groups is 1. The third kappa shape index (κ3) is 1.83. The topological polar surface area (TPSA) is 80.9 Å². The summed E-state index contributed by atoms with van der Waals surface area (Å²) < 4.78 is 1.75. The maximum absolute atomic E-state index is 11.1. The Hall–Kier alpha value is -2.76. The van der Waals surface area contributed by atoms with Crippen LogP contribution in [0.2, 0.25) is 0 Å². The lowest BCUT2D eigenvalue weighted by Crippen LogP contribution is -2.09. The second-order valence-corrected chi connectivity index (χ2v) is 4.04. The van der Waals surface area contributed by atoms with Crippen LogP contribution in [0, 0.1) is 6.92 Å². The van der Waals surface area contributed by atoms with Gasteiger partial charge in [-0.15, -0.1) is 0 Å². The molecule has 3 aromatic rings. The van der Waals surface area contributed by atoms with Crippen LogP contribution in [0.1, 0.15) is 16.4 Å². The van der Waals surface area contributed by atoms with Crippen LogP contribution in [0.3, 0.4) is 0 Å². The van der Waals surface area contributed by atoms with Gasteiger partial charge in [0.15, 0.2) is 0 Å². The Kier molecular flexibility index (Phi) is 2.49. The fourth-order valence-electron chi connectivity index (χ4n) is 1.94.